The molecule has 80 valence electrons. The van der Waals surface area contributed by atoms with Crippen LogP contribution in [0.2, 0.25) is 0 Å². The number of anilines is 1. The third-order valence-corrected chi connectivity index (χ3v) is 2.63. The van der Waals surface area contributed by atoms with Crippen LogP contribution in [-0.4, -0.2) is 28.4 Å². The summed E-state index contributed by atoms with van der Waals surface area (Å²) in [7, 11) is 0. The van der Waals surface area contributed by atoms with E-state index in [4.69, 9.17) is 5.11 Å². The Morgan fingerprint density at radius 1 is 1.40 bits per heavy atom. The first kappa shape index (κ1) is 10.1. The second-order valence-electron chi connectivity index (χ2n) is 3.79. The Morgan fingerprint density at radius 3 is 2.80 bits per heavy atom. The van der Waals surface area contributed by atoms with Crippen molar-refractivity contribution in [1.29, 1.82) is 0 Å². The number of aliphatic hydroxyl groups is 1. The molecular formula is C11H15N3O. The Kier molecular flexibility index (Phi) is 2.97. The lowest BCUT2D eigenvalue weighted by molar-refractivity contribution is 0.275. The summed E-state index contributed by atoms with van der Waals surface area (Å²) in [4.78, 5) is 2.18. The predicted molar refractivity (Wildman–Crippen MR) is 58.5 cm³/mol. The summed E-state index contributed by atoms with van der Waals surface area (Å²) in [5.74, 6) is 0.885. The highest BCUT2D eigenvalue weighted by molar-refractivity contribution is 5.40. The summed E-state index contributed by atoms with van der Waals surface area (Å²) < 4.78 is 0. The summed E-state index contributed by atoms with van der Waals surface area (Å²) >= 11 is 0. The van der Waals surface area contributed by atoms with E-state index in [0.29, 0.717) is 5.69 Å². The molecule has 0 fully saturated rings. The van der Waals surface area contributed by atoms with Crippen LogP contribution in [-0.2, 0) is 6.61 Å². The molecule has 4 heteroatoms. The van der Waals surface area contributed by atoms with Crippen LogP contribution in [0.4, 0.5) is 5.82 Å². The second kappa shape index (κ2) is 4.40. The van der Waals surface area contributed by atoms with Gasteiger partial charge in [-0.05, 0) is 25.5 Å². The van der Waals surface area contributed by atoms with Gasteiger partial charge in [-0.25, -0.2) is 0 Å². The maximum Gasteiger partial charge on any atom is 0.151 e. The normalized spacial score (nSPS) is 16.4. The summed E-state index contributed by atoms with van der Waals surface area (Å²) in [5.41, 5.74) is 2.05. The van der Waals surface area contributed by atoms with Crippen molar-refractivity contribution in [1.82, 2.24) is 10.2 Å². The lowest BCUT2D eigenvalue weighted by Gasteiger charge is -2.25. The van der Waals surface area contributed by atoms with Crippen molar-refractivity contribution in [2.24, 2.45) is 0 Å². The molecule has 0 atom stereocenters. The van der Waals surface area contributed by atoms with E-state index in [1.165, 1.54) is 5.57 Å². The van der Waals surface area contributed by atoms with E-state index in [1.807, 2.05) is 12.1 Å². The van der Waals surface area contributed by atoms with Gasteiger partial charge in [-0.2, -0.15) is 5.10 Å². The largest absolute Gasteiger partial charge is 0.390 e. The molecule has 0 unspecified atom stereocenters. The van der Waals surface area contributed by atoms with Crippen LogP contribution in [0.15, 0.2) is 23.8 Å². The molecule has 0 bridgehead atoms. The van der Waals surface area contributed by atoms with E-state index in [1.54, 1.807) is 0 Å². The Balaban J connectivity index is 2.10. The molecule has 1 aromatic heterocycles. The molecule has 2 rings (SSSR count). The van der Waals surface area contributed by atoms with Crippen molar-refractivity contribution in [2.75, 3.05) is 18.0 Å². The van der Waals surface area contributed by atoms with Crippen molar-refractivity contribution >= 4 is 5.82 Å². The molecule has 1 N–H and O–H groups in total. The second-order valence-corrected chi connectivity index (χ2v) is 3.79. The van der Waals surface area contributed by atoms with Gasteiger partial charge in [-0.15, -0.1) is 5.10 Å². The Bertz CT molecular complexity index is 359. The van der Waals surface area contributed by atoms with Gasteiger partial charge in [0.15, 0.2) is 5.82 Å². The third kappa shape index (κ3) is 2.33. The zero-order valence-electron chi connectivity index (χ0n) is 8.85. The van der Waals surface area contributed by atoms with Gasteiger partial charge in [0.1, 0.15) is 0 Å². The molecule has 4 nitrogen and oxygen atoms in total. The van der Waals surface area contributed by atoms with Crippen LogP contribution < -0.4 is 4.90 Å². The number of rotatable bonds is 2. The summed E-state index contributed by atoms with van der Waals surface area (Å²) in [6, 6.07) is 3.72. The first-order valence-corrected chi connectivity index (χ1v) is 5.13. The topological polar surface area (TPSA) is 49.2 Å². The van der Waals surface area contributed by atoms with Gasteiger partial charge in [0, 0.05) is 13.1 Å². The molecule has 2 heterocycles. The predicted octanol–water partition coefficient (Wildman–Crippen LogP) is 1.13. The fourth-order valence-electron chi connectivity index (χ4n) is 1.58. The average molecular weight is 205 g/mol. The van der Waals surface area contributed by atoms with Crippen molar-refractivity contribution in [3.63, 3.8) is 0 Å². The van der Waals surface area contributed by atoms with Crippen LogP contribution in [0, 0.1) is 0 Å². The maximum absolute atomic E-state index is 8.85. The quantitative estimate of drug-likeness (QED) is 0.735. The van der Waals surface area contributed by atoms with E-state index in [-0.39, 0.29) is 6.61 Å². The monoisotopic (exact) mass is 205 g/mol. The first-order chi connectivity index (χ1) is 7.29. The van der Waals surface area contributed by atoms with Crippen LogP contribution in [0.25, 0.3) is 0 Å². The molecule has 1 aromatic rings. The Morgan fingerprint density at radius 2 is 2.27 bits per heavy atom. The smallest absolute Gasteiger partial charge is 0.151 e. The van der Waals surface area contributed by atoms with Crippen molar-refractivity contribution in [3.8, 4) is 0 Å². The van der Waals surface area contributed by atoms with E-state index in [9.17, 15) is 0 Å². The number of hydrogen-bond acceptors (Lipinski definition) is 4. The summed E-state index contributed by atoms with van der Waals surface area (Å²) in [6.45, 7) is 4.00. The highest BCUT2D eigenvalue weighted by Crippen LogP contribution is 2.16. The van der Waals surface area contributed by atoms with Crippen molar-refractivity contribution in [3.05, 3.63) is 29.5 Å². The van der Waals surface area contributed by atoms with E-state index in [0.717, 1.165) is 25.3 Å². The van der Waals surface area contributed by atoms with Gasteiger partial charge in [0.2, 0.25) is 0 Å². The maximum atomic E-state index is 8.85. The van der Waals surface area contributed by atoms with Crippen LogP contribution in [0.3, 0.4) is 0 Å². The average Bonchev–Trinajstić information content (AvgIpc) is 2.30. The fourth-order valence-corrected chi connectivity index (χ4v) is 1.58. The van der Waals surface area contributed by atoms with Crippen LogP contribution >= 0.6 is 0 Å². The van der Waals surface area contributed by atoms with Gasteiger partial charge in [0.05, 0.1) is 12.3 Å². The fraction of sp³-hybridized carbons (Fsp3) is 0.455. The highest BCUT2D eigenvalue weighted by atomic mass is 16.3. The lowest BCUT2D eigenvalue weighted by atomic mass is 10.1. The molecule has 0 amide bonds. The first-order valence-electron chi connectivity index (χ1n) is 5.13. The Hall–Kier alpha value is -1.42. The van der Waals surface area contributed by atoms with Gasteiger partial charge >= 0.3 is 0 Å². The number of nitrogens with zero attached hydrogens (tertiary/aromatic N) is 3. The van der Waals surface area contributed by atoms with Crippen molar-refractivity contribution in [2.45, 2.75) is 20.0 Å². The molecule has 0 spiro atoms. The van der Waals surface area contributed by atoms with Gasteiger partial charge in [0.25, 0.3) is 0 Å². The minimum Gasteiger partial charge on any atom is -0.390 e. The minimum absolute atomic E-state index is 0.0493. The molecular weight excluding hydrogens is 190 g/mol. The molecule has 0 saturated heterocycles. The molecule has 0 aliphatic carbocycles. The minimum atomic E-state index is -0.0493. The molecule has 15 heavy (non-hydrogen) atoms. The standard InChI is InChI=1S/C11H15N3O/c1-9-4-6-14(7-5-9)11-3-2-10(8-15)12-13-11/h2-4,15H,5-8H2,1H3. The van der Waals surface area contributed by atoms with Crippen LogP contribution in [0.5, 0.6) is 0 Å². The lowest BCUT2D eigenvalue weighted by Crippen LogP contribution is -2.29. The number of hydrogen-bond donors (Lipinski definition) is 1. The molecule has 1 aliphatic heterocycles. The van der Waals surface area contributed by atoms with Gasteiger partial charge in [-0.1, -0.05) is 11.6 Å². The number of aromatic nitrogens is 2. The molecule has 0 saturated carbocycles. The number of aliphatic hydroxyl groups excluding tert-OH is 1. The van der Waals surface area contributed by atoms with Gasteiger partial charge < -0.3 is 10.0 Å². The Labute approximate surface area is 89.3 Å². The van der Waals surface area contributed by atoms with Crippen molar-refractivity contribution < 1.29 is 5.11 Å². The molecule has 0 aromatic carbocycles. The molecule has 0 radical (unpaired) electrons. The zero-order chi connectivity index (χ0) is 10.7. The third-order valence-electron chi connectivity index (χ3n) is 2.63. The summed E-state index contributed by atoms with van der Waals surface area (Å²) in [5, 5.41) is 16.9. The van der Waals surface area contributed by atoms with Gasteiger partial charge in [-0.3, -0.25) is 0 Å². The van der Waals surface area contributed by atoms with E-state index < -0.39 is 0 Å². The van der Waals surface area contributed by atoms with Crippen LogP contribution in [0.1, 0.15) is 19.0 Å². The highest BCUT2D eigenvalue weighted by Gasteiger charge is 2.11. The summed E-state index contributed by atoms with van der Waals surface area (Å²) in [6.07, 6.45) is 3.30. The van der Waals surface area contributed by atoms with E-state index >= 15 is 0 Å². The van der Waals surface area contributed by atoms with E-state index in [2.05, 4.69) is 28.1 Å². The SMILES string of the molecule is CC1=CCN(c2ccc(CO)nn2)CC1. The zero-order valence-corrected chi connectivity index (χ0v) is 8.85. The molecule has 1 aliphatic rings.